The molecule has 0 bridgehead atoms. The zero-order chi connectivity index (χ0) is 13.0. The van der Waals surface area contributed by atoms with Gasteiger partial charge < -0.3 is 0 Å². The van der Waals surface area contributed by atoms with Crippen molar-refractivity contribution in [3.63, 3.8) is 0 Å². The Morgan fingerprint density at radius 2 is 1.47 bits per heavy atom. The molecule has 1 aliphatic carbocycles. The number of rotatable bonds is 0. The van der Waals surface area contributed by atoms with Crippen molar-refractivity contribution in [2.24, 2.45) is 0 Å². The normalized spacial score (nSPS) is 13.5. The van der Waals surface area contributed by atoms with Crippen LogP contribution in [0, 0.1) is 0 Å². The van der Waals surface area contributed by atoms with Gasteiger partial charge in [0.1, 0.15) is 0 Å². The average molecular weight is 264 g/mol. The van der Waals surface area contributed by atoms with E-state index in [-0.39, 0.29) is 11.6 Å². The standard InChI is InChI=1S/C16H8O2S/c17-15-9-3-1-2-4-10(9)16(18)14-11-7-8-19-13(11)6-5-12(14)15/h1-8H. The third-order valence-corrected chi connectivity index (χ3v) is 4.41. The highest BCUT2D eigenvalue weighted by molar-refractivity contribution is 7.17. The molecule has 0 amide bonds. The van der Waals surface area contributed by atoms with Gasteiger partial charge in [-0.05, 0) is 23.6 Å². The summed E-state index contributed by atoms with van der Waals surface area (Å²) in [5.74, 6) is -0.104. The second kappa shape index (κ2) is 3.62. The Balaban J connectivity index is 2.14. The lowest BCUT2D eigenvalue weighted by Gasteiger charge is -2.17. The van der Waals surface area contributed by atoms with Gasteiger partial charge in [0.2, 0.25) is 0 Å². The SMILES string of the molecule is O=C1c2ccccc2C(=O)c2c1ccc1sccc21. The number of hydrogen-bond donors (Lipinski definition) is 0. The van der Waals surface area contributed by atoms with Crippen LogP contribution >= 0.6 is 11.3 Å². The maximum atomic E-state index is 12.6. The fourth-order valence-corrected chi connectivity index (χ4v) is 3.43. The lowest BCUT2D eigenvalue weighted by Crippen LogP contribution is -2.20. The van der Waals surface area contributed by atoms with Crippen molar-refractivity contribution in [2.75, 3.05) is 0 Å². The topological polar surface area (TPSA) is 34.1 Å². The summed E-state index contributed by atoms with van der Waals surface area (Å²) in [7, 11) is 0. The lowest BCUT2D eigenvalue weighted by atomic mass is 9.83. The minimum Gasteiger partial charge on any atom is -0.289 e. The summed E-state index contributed by atoms with van der Waals surface area (Å²) in [6.45, 7) is 0. The third-order valence-electron chi connectivity index (χ3n) is 3.52. The van der Waals surface area contributed by atoms with E-state index in [9.17, 15) is 9.59 Å². The van der Waals surface area contributed by atoms with Gasteiger partial charge in [-0.3, -0.25) is 9.59 Å². The molecule has 0 unspecified atom stereocenters. The molecule has 0 radical (unpaired) electrons. The fourth-order valence-electron chi connectivity index (χ4n) is 2.64. The van der Waals surface area contributed by atoms with Gasteiger partial charge in [0.25, 0.3) is 0 Å². The number of carbonyl (C=O) groups is 2. The molecule has 0 fully saturated rings. The van der Waals surface area contributed by atoms with Crippen LogP contribution in [0.5, 0.6) is 0 Å². The number of carbonyl (C=O) groups excluding carboxylic acids is 2. The molecule has 0 aliphatic heterocycles. The largest absolute Gasteiger partial charge is 0.289 e. The summed E-state index contributed by atoms with van der Waals surface area (Å²) >= 11 is 1.58. The van der Waals surface area contributed by atoms with Crippen molar-refractivity contribution in [1.29, 1.82) is 0 Å². The summed E-state index contributed by atoms with van der Waals surface area (Å²) < 4.78 is 1.04. The molecule has 2 nitrogen and oxygen atoms in total. The summed E-state index contributed by atoms with van der Waals surface area (Å²) in [6.07, 6.45) is 0. The molecule has 3 aromatic rings. The molecule has 1 aromatic heterocycles. The van der Waals surface area contributed by atoms with E-state index in [0.29, 0.717) is 22.3 Å². The first kappa shape index (κ1) is 10.6. The number of ketones is 2. The van der Waals surface area contributed by atoms with Gasteiger partial charge in [0.15, 0.2) is 11.6 Å². The molecule has 19 heavy (non-hydrogen) atoms. The van der Waals surface area contributed by atoms with Crippen LogP contribution < -0.4 is 0 Å². The van der Waals surface area contributed by atoms with Gasteiger partial charge >= 0.3 is 0 Å². The van der Waals surface area contributed by atoms with Gasteiger partial charge in [-0.1, -0.05) is 24.3 Å². The number of thiophene rings is 1. The van der Waals surface area contributed by atoms with Crippen molar-refractivity contribution in [3.05, 3.63) is 70.1 Å². The Bertz CT molecular complexity index is 858. The van der Waals surface area contributed by atoms with E-state index in [4.69, 9.17) is 0 Å². The maximum absolute atomic E-state index is 12.6. The summed E-state index contributed by atoms with van der Waals surface area (Å²) in [5.41, 5.74) is 2.10. The van der Waals surface area contributed by atoms with E-state index in [1.807, 2.05) is 17.5 Å². The molecular weight excluding hydrogens is 256 g/mol. The van der Waals surface area contributed by atoms with Crippen molar-refractivity contribution in [1.82, 2.24) is 0 Å². The second-order valence-electron chi connectivity index (χ2n) is 4.52. The minimum atomic E-state index is -0.0571. The lowest BCUT2D eigenvalue weighted by molar-refractivity contribution is 0.0980. The van der Waals surface area contributed by atoms with Crippen molar-refractivity contribution in [3.8, 4) is 0 Å². The maximum Gasteiger partial charge on any atom is 0.195 e. The van der Waals surface area contributed by atoms with Crippen molar-refractivity contribution < 1.29 is 9.59 Å². The van der Waals surface area contributed by atoms with Crippen LogP contribution in [-0.4, -0.2) is 11.6 Å². The molecule has 0 saturated heterocycles. The molecule has 1 aliphatic rings. The van der Waals surface area contributed by atoms with Gasteiger partial charge in [-0.15, -0.1) is 11.3 Å². The fraction of sp³-hybridized carbons (Fsp3) is 0. The predicted octanol–water partition coefficient (Wildman–Crippen LogP) is 3.68. The summed E-state index contributed by atoms with van der Waals surface area (Å²) in [5, 5.41) is 2.83. The highest BCUT2D eigenvalue weighted by Crippen LogP contribution is 2.34. The van der Waals surface area contributed by atoms with Crippen molar-refractivity contribution >= 4 is 33.0 Å². The zero-order valence-corrected chi connectivity index (χ0v) is 10.7. The summed E-state index contributed by atoms with van der Waals surface area (Å²) in [6, 6.07) is 12.6. The Morgan fingerprint density at radius 1 is 0.737 bits per heavy atom. The van der Waals surface area contributed by atoms with Crippen LogP contribution in [-0.2, 0) is 0 Å². The van der Waals surface area contributed by atoms with Crippen LogP contribution in [0.1, 0.15) is 31.8 Å². The van der Waals surface area contributed by atoms with Crippen LogP contribution in [0.4, 0.5) is 0 Å². The van der Waals surface area contributed by atoms with Gasteiger partial charge in [-0.25, -0.2) is 0 Å². The molecule has 0 N–H and O–H groups in total. The molecule has 2 aromatic carbocycles. The van der Waals surface area contributed by atoms with Gasteiger partial charge in [-0.2, -0.15) is 0 Å². The quantitative estimate of drug-likeness (QED) is 0.485. The third kappa shape index (κ3) is 1.30. The van der Waals surface area contributed by atoms with Gasteiger partial charge in [0.05, 0.1) is 0 Å². The number of benzene rings is 2. The van der Waals surface area contributed by atoms with E-state index in [1.54, 1.807) is 41.7 Å². The van der Waals surface area contributed by atoms with Crippen LogP contribution in [0.3, 0.4) is 0 Å². The number of hydrogen-bond acceptors (Lipinski definition) is 3. The van der Waals surface area contributed by atoms with E-state index >= 15 is 0 Å². The Labute approximate surface area is 113 Å². The first-order valence-corrected chi connectivity index (χ1v) is 6.84. The molecule has 0 spiro atoms. The van der Waals surface area contributed by atoms with E-state index in [1.165, 1.54) is 0 Å². The van der Waals surface area contributed by atoms with E-state index < -0.39 is 0 Å². The Morgan fingerprint density at radius 3 is 2.26 bits per heavy atom. The first-order chi connectivity index (χ1) is 9.27. The van der Waals surface area contributed by atoms with Crippen LogP contribution in [0.25, 0.3) is 10.1 Å². The zero-order valence-electron chi connectivity index (χ0n) is 9.84. The smallest absolute Gasteiger partial charge is 0.195 e. The van der Waals surface area contributed by atoms with Gasteiger partial charge in [0, 0.05) is 32.3 Å². The van der Waals surface area contributed by atoms with Crippen molar-refractivity contribution in [2.45, 2.75) is 0 Å². The van der Waals surface area contributed by atoms with Crippen LogP contribution in [0.2, 0.25) is 0 Å². The predicted molar refractivity (Wildman–Crippen MR) is 75.1 cm³/mol. The molecule has 3 heteroatoms. The molecule has 90 valence electrons. The Kier molecular flexibility index (Phi) is 2.03. The second-order valence-corrected chi connectivity index (χ2v) is 5.47. The van der Waals surface area contributed by atoms with Crippen LogP contribution in [0.15, 0.2) is 47.8 Å². The van der Waals surface area contributed by atoms with E-state index in [0.717, 1.165) is 10.1 Å². The highest BCUT2D eigenvalue weighted by Gasteiger charge is 2.30. The monoisotopic (exact) mass is 264 g/mol. The highest BCUT2D eigenvalue weighted by atomic mass is 32.1. The number of fused-ring (bicyclic) bond motifs is 4. The van der Waals surface area contributed by atoms with E-state index in [2.05, 4.69) is 0 Å². The molecule has 0 atom stereocenters. The molecule has 0 saturated carbocycles. The molecular formula is C16H8O2S. The average Bonchev–Trinajstić information content (AvgIpc) is 2.92. The molecule has 1 heterocycles. The Hall–Kier alpha value is -2.26. The molecule has 4 rings (SSSR count). The first-order valence-electron chi connectivity index (χ1n) is 5.96. The minimum absolute atomic E-state index is 0.0470. The summed E-state index contributed by atoms with van der Waals surface area (Å²) in [4.78, 5) is 25.1.